The number of carbonyl (C=O) groups is 2. The van der Waals surface area contributed by atoms with Gasteiger partial charge in [0.05, 0.1) is 25.9 Å². The molecule has 10 nitrogen and oxygen atoms in total. The lowest BCUT2D eigenvalue weighted by atomic mass is 10.1. The number of amides is 2. The summed E-state index contributed by atoms with van der Waals surface area (Å²) in [5, 5.41) is 4.72. The second-order valence-electron chi connectivity index (χ2n) is 10.1. The van der Waals surface area contributed by atoms with Crippen LogP contribution in [0.2, 0.25) is 0 Å². The van der Waals surface area contributed by atoms with E-state index in [1.165, 1.54) is 4.90 Å². The van der Waals surface area contributed by atoms with Crippen LogP contribution in [0.4, 0.5) is 15.4 Å². The van der Waals surface area contributed by atoms with Gasteiger partial charge in [-0.05, 0) is 64.0 Å². The molecule has 1 aromatic heterocycles. The number of nitrogens with one attached hydrogen (secondary N) is 1. The summed E-state index contributed by atoms with van der Waals surface area (Å²) < 4.78 is 28.0. The van der Waals surface area contributed by atoms with Gasteiger partial charge in [0.15, 0.2) is 5.79 Å². The fourth-order valence-electron chi connectivity index (χ4n) is 3.62. The maximum Gasteiger partial charge on any atom is 0.412 e. The number of hydrogen-bond acceptors (Lipinski definition) is 8. The lowest BCUT2D eigenvalue weighted by Gasteiger charge is -2.30. The number of fused-ring (bicyclic) bond motifs is 1. The minimum Gasteiger partial charge on any atom is -0.447 e. The van der Waals surface area contributed by atoms with Crippen molar-refractivity contribution in [2.24, 2.45) is 0 Å². The Balaban J connectivity index is 1.57. The molecule has 2 aliphatic rings. The number of carbonyl (C=O) groups excluding carboxylic acids is 2. The van der Waals surface area contributed by atoms with Crippen LogP contribution in [0.15, 0.2) is 12.3 Å². The van der Waals surface area contributed by atoms with E-state index in [4.69, 9.17) is 23.7 Å². The van der Waals surface area contributed by atoms with E-state index in [-0.39, 0.29) is 25.9 Å². The molecule has 0 radical (unpaired) electrons. The van der Waals surface area contributed by atoms with Gasteiger partial charge in [0.1, 0.15) is 24.1 Å². The van der Waals surface area contributed by atoms with Crippen LogP contribution in [0.25, 0.3) is 12.2 Å². The Morgan fingerprint density at radius 1 is 1.23 bits per heavy atom. The van der Waals surface area contributed by atoms with E-state index < -0.39 is 29.6 Å². The maximum atomic E-state index is 12.6. The minimum atomic E-state index is -0.672. The third-order valence-corrected chi connectivity index (χ3v) is 5.41. The molecule has 0 spiro atoms. The minimum absolute atomic E-state index is 0.0973. The average molecular weight is 492 g/mol. The first-order chi connectivity index (χ1) is 16.4. The highest BCUT2D eigenvalue weighted by atomic mass is 16.7. The highest BCUT2D eigenvalue weighted by Crippen LogP contribution is 2.22. The first kappa shape index (κ1) is 26.9. The van der Waals surface area contributed by atoms with E-state index in [2.05, 4.69) is 22.5 Å². The normalized spacial score (nSPS) is 19.5. The van der Waals surface area contributed by atoms with Crippen molar-refractivity contribution in [1.82, 2.24) is 9.88 Å². The molecule has 2 atom stereocenters. The molecule has 0 unspecified atom stereocenters. The number of likely N-dealkylation sites (N-methyl/N-ethyl adjacent to an activating group) is 1. The molecule has 1 aliphatic heterocycles. The summed E-state index contributed by atoms with van der Waals surface area (Å²) in [5.74, 6) is -0.253. The molecular weight excluding hydrogens is 454 g/mol. The molecule has 35 heavy (non-hydrogen) atoms. The molecule has 1 fully saturated rings. The average Bonchev–Trinajstić information content (AvgIpc) is 3.12. The molecule has 194 valence electrons. The SMILES string of the molecule is CN(C(=O)OC(C)(C)C)[C@@H](COC[C@@H]1COC(C)(C)O1)COC(=O)Nc1cc2c(cn1)=CCCC=2. The zero-order chi connectivity index (χ0) is 25.6. The van der Waals surface area contributed by atoms with Crippen molar-refractivity contribution < 1.29 is 33.3 Å². The molecule has 3 rings (SSSR count). The lowest BCUT2D eigenvalue weighted by Crippen LogP contribution is -2.46. The van der Waals surface area contributed by atoms with Crippen molar-refractivity contribution >= 4 is 30.2 Å². The molecule has 10 heteroatoms. The van der Waals surface area contributed by atoms with Crippen LogP contribution in [0, 0.1) is 0 Å². The predicted octanol–water partition coefficient (Wildman–Crippen LogP) is 2.39. The van der Waals surface area contributed by atoms with Crippen LogP contribution in [-0.2, 0) is 23.7 Å². The van der Waals surface area contributed by atoms with Gasteiger partial charge in [-0.25, -0.2) is 14.6 Å². The summed E-state index contributed by atoms with van der Waals surface area (Å²) in [6, 6.07) is 1.23. The van der Waals surface area contributed by atoms with Crippen LogP contribution >= 0.6 is 0 Å². The summed E-state index contributed by atoms with van der Waals surface area (Å²) >= 11 is 0. The highest BCUT2D eigenvalue weighted by molar-refractivity contribution is 5.83. The zero-order valence-electron chi connectivity index (χ0n) is 21.5. The number of ether oxygens (including phenoxy) is 5. The summed E-state index contributed by atoms with van der Waals surface area (Å²) in [5.41, 5.74) is -0.665. The van der Waals surface area contributed by atoms with Crippen molar-refractivity contribution in [3.05, 3.63) is 22.7 Å². The smallest absolute Gasteiger partial charge is 0.412 e. The van der Waals surface area contributed by atoms with Crippen LogP contribution in [-0.4, -0.2) is 79.1 Å². The van der Waals surface area contributed by atoms with E-state index in [1.807, 2.05) is 19.9 Å². The third-order valence-electron chi connectivity index (χ3n) is 5.41. The molecule has 1 N–H and O–H groups in total. The van der Waals surface area contributed by atoms with Gasteiger partial charge in [0.2, 0.25) is 0 Å². The quantitative estimate of drug-likeness (QED) is 0.591. The van der Waals surface area contributed by atoms with E-state index in [0.717, 1.165) is 23.3 Å². The fraction of sp³-hybridized carbons (Fsp3) is 0.640. The Bertz CT molecular complexity index is 1020. The Hall–Kier alpha value is -2.69. The summed E-state index contributed by atoms with van der Waals surface area (Å²) in [6.07, 6.45) is 6.45. The number of hydrogen-bond donors (Lipinski definition) is 1. The van der Waals surface area contributed by atoms with Crippen LogP contribution in [0.5, 0.6) is 0 Å². The molecule has 0 aromatic carbocycles. The second-order valence-corrected chi connectivity index (χ2v) is 10.1. The van der Waals surface area contributed by atoms with Crippen LogP contribution in [0.3, 0.4) is 0 Å². The summed E-state index contributed by atoms with van der Waals surface area (Å²) in [7, 11) is 1.58. The number of rotatable bonds is 8. The van der Waals surface area contributed by atoms with Gasteiger partial charge in [-0.15, -0.1) is 0 Å². The standard InChI is InChI=1S/C25H37N3O7/c1-24(2,3)35-23(30)28(6)19(13-31-15-20-16-33-25(4,5)34-20)14-32-22(29)27-21-11-17-9-7-8-10-18(17)12-26-21/h9-12,19-20H,7-8,13-16H2,1-6H3,(H,27,29)/t19-,20+/m0/s1. The Labute approximate surface area is 206 Å². The highest BCUT2D eigenvalue weighted by Gasteiger charge is 2.33. The second kappa shape index (κ2) is 11.4. The molecule has 1 aromatic rings. The van der Waals surface area contributed by atoms with Gasteiger partial charge >= 0.3 is 12.2 Å². The van der Waals surface area contributed by atoms with Crippen LogP contribution in [0.1, 0.15) is 47.5 Å². The van der Waals surface area contributed by atoms with Crippen molar-refractivity contribution in [3.8, 4) is 0 Å². The number of nitrogens with zero attached hydrogens (tertiary/aromatic N) is 2. The van der Waals surface area contributed by atoms with Gasteiger partial charge in [-0.1, -0.05) is 12.2 Å². The summed E-state index contributed by atoms with van der Waals surface area (Å²) in [6.45, 7) is 9.75. The monoisotopic (exact) mass is 491 g/mol. The third kappa shape index (κ3) is 8.48. The first-order valence-electron chi connectivity index (χ1n) is 11.9. The number of pyridine rings is 1. The van der Waals surface area contributed by atoms with Crippen LogP contribution < -0.4 is 15.8 Å². The van der Waals surface area contributed by atoms with Gasteiger partial charge in [-0.3, -0.25) is 5.32 Å². The van der Waals surface area contributed by atoms with Gasteiger partial charge in [0, 0.05) is 13.2 Å². The molecule has 0 bridgehead atoms. The summed E-state index contributed by atoms with van der Waals surface area (Å²) in [4.78, 5) is 30.7. The molecular formula is C25H37N3O7. The van der Waals surface area contributed by atoms with Gasteiger partial charge in [0.25, 0.3) is 0 Å². The first-order valence-corrected chi connectivity index (χ1v) is 11.9. The largest absolute Gasteiger partial charge is 0.447 e. The van der Waals surface area contributed by atoms with Gasteiger partial charge < -0.3 is 28.6 Å². The molecule has 2 amide bonds. The zero-order valence-corrected chi connectivity index (χ0v) is 21.5. The lowest BCUT2D eigenvalue weighted by molar-refractivity contribution is -0.145. The molecule has 0 saturated carbocycles. The van der Waals surface area contributed by atoms with Gasteiger partial charge in [-0.2, -0.15) is 0 Å². The number of anilines is 1. The molecule has 1 saturated heterocycles. The Kier molecular flexibility index (Phi) is 8.74. The molecule has 1 aliphatic carbocycles. The van der Waals surface area contributed by atoms with E-state index in [1.54, 1.807) is 34.0 Å². The maximum absolute atomic E-state index is 12.6. The Morgan fingerprint density at radius 3 is 2.60 bits per heavy atom. The van der Waals surface area contributed by atoms with Crippen molar-refractivity contribution in [2.45, 2.75) is 71.0 Å². The van der Waals surface area contributed by atoms with E-state index in [0.29, 0.717) is 12.4 Å². The number of aromatic nitrogens is 1. The topological polar surface area (TPSA) is 108 Å². The van der Waals surface area contributed by atoms with Crippen molar-refractivity contribution in [3.63, 3.8) is 0 Å². The fourth-order valence-corrected chi connectivity index (χ4v) is 3.62. The van der Waals surface area contributed by atoms with Crippen molar-refractivity contribution in [2.75, 3.05) is 38.8 Å². The Morgan fingerprint density at radius 2 is 1.94 bits per heavy atom. The predicted molar refractivity (Wildman–Crippen MR) is 130 cm³/mol. The van der Waals surface area contributed by atoms with E-state index >= 15 is 0 Å². The van der Waals surface area contributed by atoms with Crippen molar-refractivity contribution in [1.29, 1.82) is 0 Å². The van der Waals surface area contributed by atoms with E-state index in [9.17, 15) is 9.59 Å². The molecule has 2 heterocycles.